The molecule has 0 N–H and O–H groups in total. The fourth-order valence-electron chi connectivity index (χ4n) is 2.99. The molecule has 7 nitrogen and oxygen atoms in total. The topological polar surface area (TPSA) is 91.3 Å². The molecule has 0 saturated carbocycles. The van der Waals surface area contributed by atoms with E-state index < -0.39 is 17.7 Å². The molecule has 0 aliphatic rings. The molecule has 0 unspecified atom stereocenters. The number of nitrogens with zero attached hydrogens (tertiary/aromatic N) is 3. The van der Waals surface area contributed by atoms with Gasteiger partial charge in [-0.05, 0) is 30.7 Å². The normalized spacial score (nSPS) is 11.8. The van der Waals surface area contributed by atoms with E-state index in [0.717, 1.165) is 23.8 Å². The van der Waals surface area contributed by atoms with Crippen LogP contribution in [0.5, 0.6) is 0 Å². The third kappa shape index (κ3) is 5.17. The number of aromatic nitrogens is 3. The first-order valence-electron chi connectivity index (χ1n) is 9.68. The number of benzene rings is 2. The Labute approximate surface area is 185 Å². The number of carbonyl (C=O) groups is 1. The van der Waals surface area contributed by atoms with Gasteiger partial charge in [0.05, 0.1) is 5.56 Å². The molecule has 0 aliphatic heterocycles. The second-order valence-corrected chi connectivity index (χ2v) is 6.89. The van der Waals surface area contributed by atoms with E-state index in [0.29, 0.717) is 17.0 Å². The van der Waals surface area contributed by atoms with E-state index in [9.17, 15) is 18.0 Å². The first-order valence-corrected chi connectivity index (χ1v) is 9.68. The van der Waals surface area contributed by atoms with Gasteiger partial charge < -0.3 is 13.7 Å². The van der Waals surface area contributed by atoms with Crippen LogP contribution in [0, 0.1) is 6.92 Å². The number of hydrogen-bond acceptors (Lipinski definition) is 7. The number of rotatable bonds is 6. The monoisotopic (exact) mass is 455 g/mol. The maximum absolute atomic E-state index is 12.8. The molecule has 0 radical (unpaired) electrons. The van der Waals surface area contributed by atoms with Crippen molar-refractivity contribution in [1.29, 1.82) is 0 Å². The van der Waals surface area contributed by atoms with Crippen molar-refractivity contribution in [3.8, 4) is 22.7 Å². The molecular formula is C23H16F3N3O4. The molecule has 2 aromatic carbocycles. The molecule has 33 heavy (non-hydrogen) atoms. The van der Waals surface area contributed by atoms with E-state index in [1.54, 1.807) is 6.92 Å². The Kier molecular flexibility index (Phi) is 6.07. The smallest absolute Gasteiger partial charge is 0.416 e. The van der Waals surface area contributed by atoms with Gasteiger partial charge in [-0.1, -0.05) is 47.6 Å². The van der Waals surface area contributed by atoms with Crippen LogP contribution in [0.25, 0.3) is 28.8 Å². The van der Waals surface area contributed by atoms with Crippen molar-refractivity contribution in [2.45, 2.75) is 19.7 Å². The van der Waals surface area contributed by atoms with Crippen molar-refractivity contribution in [2.24, 2.45) is 0 Å². The summed E-state index contributed by atoms with van der Waals surface area (Å²) in [4.78, 5) is 12.0. The Balaban J connectivity index is 1.42. The largest absolute Gasteiger partial charge is 0.452 e. The van der Waals surface area contributed by atoms with Gasteiger partial charge in [-0.3, -0.25) is 0 Å². The molecule has 4 aromatic rings. The van der Waals surface area contributed by atoms with E-state index >= 15 is 0 Å². The molecular weight excluding hydrogens is 439 g/mol. The number of aryl methyl sites for hydroxylation is 1. The Bertz CT molecular complexity index is 1290. The van der Waals surface area contributed by atoms with Crippen molar-refractivity contribution >= 4 is 12.0 Å². The number of alkyl halides is 3. The molecule has 2 aromatic heterocycles. The quantitative estimate of drug-likeness (QED) is 0.281. The number of carbonyl (C=O) groups excluding carboxylic acids is 1. The summed E-state index contributed by atoms with van der Waals surface area (Å²) >= 11 is 0. The lowest BCUT2D eigenvalue weighted by Gasteiger charge is -2.06. The fraction of sp³-hybridized carbons (Fsp3) is 0.130. The zero-order valence-electron chi connectivity index (χ0n) is 17.2. The number of hydrogen-bond donors (Lipinski definition) is 0. The van der Waals surface area contributed by atoms with E-state index in [1.165, 1.54) is 18.2 Å². The minimum Gasteiger partial charge on any atom is -0.452 e. The highest BCUT2D eigenvalue weighted by Gasteiger charge is 2.30. The molecule has 168 valence electrons. The molecule has 2 heterocycles. The Hall–Kier alpha value is -4.21. The van der Waals surface area contributed by atoms with Crippen LogP contribution in [0.2, 0.25) is 0 Å². The van der Waals surface area contributed by atoms with Crippen molar-refractivity contribution in [2.75, 3.05) is 0 Å². The zero-order chi connectivity index (χ0) is 23.4. The van der Waals surface area contributed by atoms with Crippen molar-refractivity contribution in [1.82, 2.24) is 15.4 Å². The first-order chi connectivity index (χ1) is 15.8. The summed E-state index contributed by atoms with van der Waals surface area (Å²) in [5.74, 6) is -0.119. The van der Waals surface area contributed by atoms with E-state index in [-0.39, 0.29) is 24.0 Å². The van der Waals surface area contributed by atoms with E-state index in [4.69, 9.17) is 13.7 Å². The summed E-state index contributed by atoms with van der Waals surface area (Å²) in [6.07, 6.45) is -2.23. The average Bonchev–Trinajstić information content (AvgIpc) is 3.42. The summed E-state index contributed by atoms with van der Waals surface area (Å²) < 4.78 is 54.2. The van der Waals surface area contributed by atoms with Crippen LogP contribution < -0.4 is 0 Å². The van der Waals surface area contributed by atoms with Gasteiger partial charge in [-0.25, -0.2) is 4.79 Å². The predicted molar refractivity (Wildman–Crippen MR) is 110 cm³/mol. The van der Waals surface area contributed by atoms with Crippen molar-refractivity contribution in [3.63, 3.8) is 0 Å². The van der Waals surface area contributed by atoms with Gasteiger partial charge in [0, 0.05) is 11.6 Å². The highest BCUT2D eigenvalue weighted by molar-refractivity contribution is 5.87. The first kappa shape index (κ1) is 22.0. The van der Waals surface area contributed by atoms with Crippen LogP contribution in [-0.2, 0) is 22.3 Å². The lowest BCUT2D eigenvalue weighted by molar-refractivity contribution is -0.139. The van der Waals surface area contributed by atoms with Crippen LogP contribution in [0.4, 0.5) is 13.2 Å². The summed E-state index contributed by atoms with van der Waals surface area (Å²) in [5, 5.41) is 11.9. The van der Waals surface area contributed by atoms with Gasteiger partial charge in [0.2, 0.25) is 0 Å². The fourth-order valence-corrected chi connectivity index (χ4v) is 2.99. The third-order valence-electron chi connectivity index (χ3n) is 4.55. The minimum absolute atomic E-state index is 0.0328. The maximum atomic E-state index is 12.8. The summed E-state index contributed by atoms with van der Waals surface area (Å²) in [7, 11) is 0. The van der Waals surface area contributed by atoms with Crippen LogP contribution >= 0.6 is 0 Å². The lowest BCUT2D eigenvalue weighted by Crippen LogP contribution is -2.04. The highest BCUT2D eigenvalue weighted by atomic mass is 19.4. The molecule has 0 atom stereocenters. The molecule has 0 fully saturated rings. The summed E-state index contributed by atoms with van der Waals surface area (Å²) in [5.41, 5.74) is 1.25. The van der Waals surface area contributed by atoms with E-state index in [1.807, 2.05) is 30.3 Å². The molecule has 4 rings (SSSR count). The molecule has 0 aliphatic carbocycles. The maximum Gasteiger partial charge on any atom is 0.416 e. The second-order valence-electron chi connectivity index (χ2n) is 6.89. The number of halogens is 3. The second kappa shape index (κ2) is 9.11. The summed E-state index contributed by atoms with van der Waals surface area (Å²) in [6.45, 7) is 1.39. The van der Waals surface area contributed by atoms with Gasteiger partial charge >= 0.3 is 12.1 Å². The van der Waals surface area contributed by atoms with Crippen LogP contribution in [0.15, 0.2) is 69.6 Å². The standard InChI is InChI=1S/C23H16F3N3O4/c1-14-20(21(29-33-14)16-7-3-2-4-8-16)22-28-27-18(32-22)13-31-19(30)11-10-15-6-5-9-17(12-15)23(24,25)26/h2-12H,13H2,1H3/b11-10+. The number of esters is 1. The molecule has 0 bridgehead atoms. The van der Waals surface area contributed by atoms with Gasteiger partial charge in [0.15, 0.2) is 6.61 Å². The minimum atomic E-state index is -4.47. The third-order valence-corrected chi connectivity index (χ3v) is 4.55. The van der Waals surface area contributed by atoms with Crippen molar-refractivity contribution in [3.05, 3.63) is 83.5 Å². The van der Waals surface area contributed by atoms with Gasteiger partial charge in [-0.15, -0.1) is 10.2 Å². The van der Waals surface area contributed by atoms with E-state index in [2.05, 4.69) is 15.4 Å². The van der Waals surface area contributed by atoms with Gasteiger partial charge in [0.1, 0.15) is 17.0 Å². The molecule has 0 saturated heterocycles. The van der Waals surface area contributed by atoms with Crippen LogP contribution in [-0.4, -0.2) is 21.3 Å². The Morgan fingerprint density at radius 2 is 1.88 bits per heavy atom. The number of ether oxygens (including phenoxy) is 1. The summed E-state index contributed by atoms with van der Waals surface area (Å²) in [6, 6.07) is 13.9. The van der Waals surface area contributed by atoms with Gasteiger partial charge in [0.25, 0.3) is 11.8 Å². The lowest BCUT2D eigenvalue weighted by atomic mass is 10.1. The van der Waals surface area contributed by atoms with Crippen LogP contribution in [0.1, 0.15) is 22.8 Å². The highest BCUT2D eigenvalue weighted by Crippen LogP contribution is 2.33. The SMILES string of the molecule is Cc1onc(-c2ccccc2)c1-c1nnc(COC(=O)/C=C/c2cccc(C(F)(F)F)c2)o1. The zero-order valence-corrected chi connectivity index (χ0v) is 17.2. The predicted octanol–water partition coefficient (Wildman–Crippen LogP) is 5.48. The van der Waals surface area contributed by atoms with Crippen molar-refractivity contribution < 1.29 is 31.6 Å². The van der Waals surface area contributed by atoms with Crippen LogP contribution in [0.3, 0.4) is 0 Å². The van der Waals surface area contributed by atoms with Gasteiger partial charge in [-0.2, -0.15) is 13.2 Å². The average molecular weight is 455 g/mol. The molecule has 0 amide bonds. The Morgan fingerprint density at radius 3 is 2.64 bits per heavy atom. The molecule has 0 spiro atoms. The molecule has 10 heteroatoms. The Morgan fingerprint density at radius 1 is 1.09 bits per heavy atom.